The van der Waals surface area contributed by atoms with Crippen LogP contribution in [0.1, 0.15) is 6.42 Å². The van der Waals surface area contributed by atoms with Gasteiger partial charge in [-0.05, 0) is 11.7 Å². The normalized spacial score (nSPS) is 29.2. The molecule has 1 fully saturated rings. The summed E-state index contributed by atoms with van der Waals surface area (Å²) in [7, 11) is 0. The number of carbonyl (C=O) groups is 1. The Balaban J connectivity index is 2.54. The van der Waals surface area contributed by atoms with Gasteiger partial charge in [-0.15, -0.1) is 0 Å². The molecule has 1 aliphatic rings. The average Bonchev–Trinajstić information content (AvgIpc) is 2.31. The Morgan fingerprint density at radius 1 is 1.46 bits per heavy atom. The Bertz CT molecular complexity index is 204. The Morgan fingerprint density at radius 3 is 2.54 bits per heavy atom. The fourth-order valence-corrected chi connectivity index (χ4v) is 2.83. The van der Waals surface area contributed by atoms with E-state index in [2.05, 4.69) is 0 Å². The second-order valence-corrected chi connectivity index (χ2v) is 4.14. The summed E-state index contributed by atoms with van der Waals surface area (Å²) in [6, 6.07) is 0. The number of rotatable bonds is 2. The second kappa shape index (κ2) is 3.77. The molecule has 0 aromatic rings. The highest BCUT2D eigenvalue weighted by atomic mass is 32.2. The van der Waals surface area contributed by atoms with Crippen LogP contribution >= 0.6 is 11.8 Å². The van der Waals surface area contributed by atoms with Gasteiger partial charge in [0.15, 0.2) is 0 Å². The van der Waals surface area contributed by atoms with Gasteiger partial charge < -0.3 is 5.11 Å². The molecule has 0 radical (unpaired) electrons. The first-order chi connectivity index (χ1) is 5.90. The number of aliphatic carboxylic acids is 1. The summed E-state index contributed by atoms with van der Waals surface area (Å²) in [4.78, 5) is 10.5. The first-order valence-corrected chi connectivity index (χ1v) is 4.93. The van der Waals surface area contributed by atoms with Crippen molar-refractivity contribution < 1.29 is 23.1 Å². The maximum absolute atomic E-state index is 11.9. The van der Waals surface area contributed by atoms with Gasteiger partial charge in [0.25, 0.3) is 0 Å². The van der Waals surface area contributed by atoms with Crippen molar-refractivity contribution in [1.29, 1.82) is 0 Å². The number of hydrogen-bond acceptors (Lipinski definition) is 2. The molecule has 0 aromatic carbocycles. The van der Waals surface area contributed by atoms with Crippen molar-refractivity contribution in [3.05, 3.63) is 0 Å². The first kappa shape index (κ1) is 10.7. The first-order valence-electron chi connectivity index (χ1n) is 3.77. The predicted octanol–water partition coefficient (Wildman–Crippen LogP) is 2.00. The third kappa shape index (κ3) is 3.10. The molecule has 1 heterocycles. The minimum Gasteiger partial charge on any atom is -0.481 e. The summed E-state index contributed by atoms with van der Waals surface area (Å²) in [6.07, 6.45) is -5.22. The van der Waals surface area contributed by atoms with E-state index in [0.717, 1.165) is 0 Å². The molecular weight excluding hydrogens is 205 g/mol. The summed E-state index contributed by atoms with van der Waals surface area (Å²) in [5, 5.41) is 8.60. The van der Waals surface area contributed by atoms with Crippen LogP contribution in [0.2, 0.25) is 0 Å². The number of carboxylic acid groups (broad SMARTS) is 1. The number of hydrogen-bond donors (Lipinski definition) is 1. The molecule has 2 nitrogen and oxygen atoms in total. The van der Waals surface area contributed by atoms with Gasteiger partial charge in [0, 0.05) is 12.2 Å². The van der Waals surface area contributed by atoms with Crippen LogP contribution in [0.4, 0.5) is 13.2 Å². The van der Waals surface area contributed by atoms with Crippen molar-refractivity contribution in [3.8, 4) is 0 Å². The molecular formula is C7H9F3O2S. The van der Waals surface area contributed by atoms with Crippen molar-refractivity contribution >= 4 is 17.7 Å². The summed E-state index contributed by atoms with van der Waals surface area (Å²) < 4.78 is 35.8. The largest absolute Gasteiger partial charge is 0.481 e. The van der Waals surface area contributed by atoms with Crippen LogP contribution in [-0.4, -0.2) is 28.8 Å². The molecule has 76 valence electrons. The van der Waals surface area contributed by atoms with Crippen LogP contribution in [-0.2, 0) is 4.79 Å². The molecule has 0 spiro atoms. The van der Waals surface area contributed by atoms with Gasteiger partial charge in [0.05, 0.1) is 5.92 Å². The standard InChI is InChI=1S/C7H9F3O2S/c8-7(9,10)1-4-2-13-3-5(4)6(11)12/h4-5H,1-3H2,(H,11,12). The number of halogens is 3. The summed E-state index contributed by atoms with van der Waals surface area (Å²) >= 11 is 1.28. The van der Waals surface area contributed by atoms with Gasteiger partial charge in [0.2, 0.25) is 0 Å². The van der Waals surface area contributed by atoms with Crippen LogP contribution < -0.4 is 0 Å². The van der Waals surface area contributed by atoms with Crippen LogP contribution in [0, 0.1) is 11.8 Å². The molecule has 1 rings (SSSR count). The molecule has 0 aliphatic carbocycles. The quantitative estimate of drug-likeness (QED) is 0.763. The minimum atomic E-state index is -4.25. The lowest BCUT2D eigenvalue weighted by Gasteiger charge is -2.16. The zero-order chi connectivity index (χ0) is 10.1. The van der Waals surface area contributed by atoms with Gasteiger partial charge in [-0.25, -0.2) is 0 Å². The molecule has 1 aliphatic heterocycles. The molecule has 2 atom stereocenters. The van der Waals surface area contributed by atoms with E-state index >= 15 is 0 Å². The van der Waals surface area contributed by atoms with Crippen LogP contribution in [0.3, 0.4) is 0 Å². The van der Waals surface area contributed by atoms with E-state index in [1.807, 2.05) is 0 Å². The SMILES string of the molecule is O=C(O)C1CSCC1CC(F)(F)F. The Morgan fingerprint density at radius 2 is 2.08 bits per heavy atom. The lowest BCUT2D eigenvalue weighted by atomic mass is 9.93. The maximum atomic E-state index is 11.9. The lowest BCUT2D eigenvalue weighted by Crippen LogP contribution is -2.26. The summed E-state index contributed by atoms with van der Waals surface area (Å²) in [6.45, 7) is 0. The van der Waals surface area contributed by atoms with Crippen molar-refractivity contribution in [2.24, 2.45) is 11.8 Å². The van der Waals surface area contributed by atoms with E-state index < -0.39 is 30.4 Å². The third-order valence-electron chi connectivity index (χ3n) is 2.01. The molecule has 0 amide bonds. The fraction of sp³-hybridized carbons (Fsp3) is 0.857. The molecule has 6 heteroatoms. The molecule has 1 saturated heterocycles. The topological polar surface area (TPSA) is 37.3 Å². The van der Waals surface area contributed by atoms with E-state index in [9.17, 15) is 18.0 Å². The predicted molar refractivity (Wildman–Crippen MR) is 42.6 cm³/mol. The number of carboxylic acids is 1. The smallest absolute Gasteiger partial charge is 0.389 e. The Kier molecular flexibility index (Phi) is 3.10. The highest BCUT2D eigenvalue weighted by molar-refractivity contribution is 7.99. The van der Waals surface area contributed by atoms with E-state index in [1.165, 1.54) is 11.8 Å². The molecule has 0 aromatic heterocycles. The zero-order valence-electron chi connectivity index (χ0n) is 6.67. The minimum absolute atomic E-state index is 0.302. The molecule has 0 bridgehead atoms. The van der Waals surface area contributed by atoms with E-state index in [4.69, 9.17) is 5.11 Å². The fourth-order valence-electron chi connectivity index (χ4n) is 1.37. The number of alkyl halides is 3. The average molecular weight is 214 g/mol. The van der Waals surface area contributed by atoms with Gasteiger partial charge in [0.1, 0.15) is 0 Å². The van der Waals surface area contributed by atoms with Gasteiger partial charge in [-0.3, -0.25) is 4.79 Å². The van der Waals surface area contributed by atoms with E-state index in [-0.39, 0.29) is 0 Å². The Labute approximate surface area is 77.5 Å². The maximum Gasteiger partial charge on any atom is 0.389 e. The van der Waals surface area contributed by atoms with Crippen LogP contribution in [0.15, 0.2) is 0 Å². The van der Waals surface area contributed by atoms with Crippen molar-refractivity contribution in [2.45, 2.75) is 12.6 Å². The van der Waals surface area contributed by atoms with Crippen LogP contribution in [0.25, 0.3) is 0 Å². The highest BCUT2D eigenvalue weighted by Gasteiger charge is 2.41. The highest BCUT2D eigenvalue weighted by Crippen LogP contribution is 2.37. The van der Waals surface area contributed by atoms with Gasteiger partial charge in [-0.1, -0.05) is 0 Å². The van der Waals surface area contributed by atoms with E-state index in [1.54, 1.807) is 0 Å². The lowest BCUT2D eigenvalue weighted by molar-refractivity contribution is -0.154. The zero-order valence-corrected chi connectivity index (χ0v) is 7.49. The van der Waals surface area contributed by atoms with E-state index in [0.29, 0.717) is 11.5 Å². The van der Waals surface area contributed by atoms with Crippen LogP contribution in [0.5, 0.6) is 0 Å². The third-order valence-corrected chi connectivity index (χ3v) is 3.27. The summed E-state index contributed by atoms with van der Waals surface area (Å²) in [5.74, 6) is -2.08. The second-order valence-electron chi connectivity index (χ2n) is 3.06. The molecule has 0 saturated carbocycles. The van der Waals surface area contributed by atoms with Crippen molar-refractivity contribution in [2.75, 3.05) is 11.5 Å². The van der Waals surface area contributed by atoms with Crippen molar-refractivity contribution in [1.82, 2.24) is 0 Å². The molecule has 2 unspecified atom stereocenters. The number of thioether (sulfide) groups is 1. The molecule has 1 N–H and O–H groups in total. The monoisotopic (exact) mass is 214 g/mol. The Hall–Kier alpha value is -0.390. The van der Waals surface area contributed by atoms with Gasteiger partial charge >= 0.3 is 12.1 Å². The summed E-state index contributed by atoms with van der Waals surface area (Å²) in [5.41, 5.74) is 0. The van der Waals surface area contributed by atoms with Crippen molar-refractivity contribution in [3.63, 3.8) is 0 Å². The van der Waals surface area contributed by atoms with Gasteiger partial charge in [-0.2, -0.15) is 24.9 Å². The molecule has 13 heavy (non-hydrogen) atoms.